The van der Waals surface area contributed by atoms with Gasteiger partial charge in [0, 0.05) is 19.5 Å². The Morgan fingerprint density at radius 3 is 2.78 bits per heavy atom. The summed E-state index contributed by atoms with van der Waals surface area (Å²) in [5.41, 5.74) is 0.890. The van der Waals surface area contributed by atoms with Gasteiger partial charge in [-0.25, -0.2) is 0 Å². The number of hydrogen-bond acceptors (Lipinski definition) is 5. The van der Waals surface area contributed by atoms with Crippen molar-refractivity contribution in [1.29, 1.82) is 0 Å². The summed E-state index contributed by atoms with van der Waals surface area (Å²) in [5.74, 6) is 0.306. The van der Waals surface area contributed by atoms with Gasteiger partial charge in [-0.15, -0.1) is 11.3 Å². The van der Waals surface area contributed by atoms with Gasteiger partial charge in [-0.3, -0.25) is 14.7 Å². The SMILES string of the molecule is CCn1c(CCNC(=O)c2ccccc2NC(=O)c2cccs2)n[nH]c1=S. The number of amides is 2. The van der Waals surface area contributed by atoms with E-state index in [-0.39, 0.29) is 11.8 Å². The average Bonchev–Trinajstić information content (AvgIpc) is 3.32. The lowest BCUT2D eigenvalue weighted by Gasteiger charge is -2.11. The van der Waals surface area contributed by atoms with Gasteiger partial charge in [-0.2, -0.15) is 5.10 Å². The van der Waals surface area contributed by atoms with Gasteiger partial charge < -0.3 is 15.2 Å². The third-order valence-electron chi connectivity index (χ3n) is 3.95. The first-order chi connectivity index (χ1) is 13.1. The van der Waals surface area contributed by atoms with E-state index in [4.69, 9.17) is 12.2 Å². The first-order valence-electron chi connectivity index (χ1n) is 8.46. The highest BCUT2D eigenvalue weighted by molar-refractivity contribution is 7.71. The fourth-order valence-corrected chi connectivity index (χ4v) is 3.53. The van der Waals surface area contributed by atoms with Gasteiger partial charge in [0.2, 0.25) is 0 Å². The number of H-pyrrole nitrogens is 1. The highest BCUT2D eigenvalue weighted by Gasteiger charge is 2.14. The number of aromatic amines is 1. The molecule has 3 rings (SSSR count). The fourth-order valence-electron chi connectivity index (χ4n) is 2.63. The topological polar surface area (TPSA) is 91.8 Å². The summed E-state index contributed by atoms with van der Waals surface area (Å²) < 4.78 is 2.46. The zero-order chi connectivity index (χ0) is 19.2. The summed E-state index contributed by atoms with van der Waals surface area (Å²) in [5, 5.41) is 14.4. The molecular weight excluding hydrogens is 382 g/mol. The Balaban J connectivity index is 1.64. The molecule has 2 aromatic heterocycles. The maximum Gasteiger partial charge on any atom is 0.265 e. The first-order valence-corrected chi connectivity index (χ1v) is 9.75. The summed E-state index contributed by atoms with van der Waals surface area (Å²) in [6, 6.07) is 10.5. The molecule has 0 saturated heterocycles. The smallest absolute Gasteiger partial charge is 0.265 e. The van der Waals surface area contributed by atoms with Crippen molar-refractivity contribution in [3.63, 3.8) is 0 Å². The summed E-state index contributed by atoms with van der Waals surface area (Å²) in [4.78, 5) is 25.4. The van der Waals surface area contributed by atoms with Crippen LogP contribution in [0.5, 0.6) is 0 Å². The summed E-state index contributed by atoms with van der Waals surface area (Å²) >= 11 is 6.51. The van der Waals surface area contributed by atoms with E-state index in [1.54, 1.807) is 30.3 Å². The number of para-hydroxylation sites is 1. The molecule has 3 N–H and O–H groups in total. The Morgan fingerprint density at radius 2 is 2.04 bits per heavy atom. The summed E-state index contributed by atoms with van der Waals surface area (Å²) in [7, 11) is 0. The Kier molecular flexibility index (Phi) is 6.15. The molecule has 0 radical (unpaired) electrons. The third kappa shape index (κ3) is 4.50. The lowest BCUT2D eigenvalue weighted by atomic mass is 10.1. The molecule has 2 heterocycles. The van der Waals surface area contributed by atoms with Crippen molar-refractivity contribution in [2.45, 2.75) is 19.9 Å². The minimum Gasteiger partial charge on any atom is -0.352 e. The predicted molar refractivity (Wildman–Crippen MR) is 108 cm³/mol. The van der Waals surface area contributed by atoms with Gasteiger partial charge in [0.15, 0.2) is 4.77 Å². The molecule has 0 saturated carbocycles. The Morgan fingerprint density at radius 1 is 1.22 bits per heavy atom. The Hall–Kier alpha value is -2.78. The molecule has 0 aliphatic carbocycles. The van der Waals surface area contributed by atoms with E-state index in [2.05, 4.69) is 20.8 Å². The van der Waals surface area contributed by atoms with Gasteiger partial charge in [0.25, 0.3) is 11.8 Å². The Bertz CT molecular complexity index is 991. The molecule has 9 heteroatoms. The molecule has 0 bridgehead atoms. The number of aromatic nitrogens is 3. The molecule has 7 nitrogen and oxygen atoms in total. The normalized spacial score (nSPS) is 10.6. The molecule has 140 valence electrons. The van der Waals surface area contributed by atoms with E-state index in [1.165, 1.54) is 11.3 Å². The minimum absolute atomic E-state index is 0.233. The first kappa shape index (κ1) is 19.0. The molecule has 0 unspecified atom stereocenters. The highest BCUT2D eigenvalue weighted by atomic mass is 32.1. The summed E-state index contributed by atoms with van der Waals surface area (Å²) in [6.45, 7) is 3.11. The number of hydrogen-bond donors (Lipinski definition) is 3. The van der Waals surface area contributed by atoms with Crippen molar-refractivity contribution >= 4 is 41.1 Å². The van der Waals surface area contributed by atoms with Crippen molar-refractivity contribution in [3.05, 3.63) is 62.8 Å². The van der Waals surface area contributed by atoms with Gasteiger partial charge in [-0.05, 0) is 42.7 Å². The average molecular weight is 402 g/mol. The minimum atomic E-state index is -0.255. The van der Waals surface area contributed by atoms with Gasteiger partial charge in [0.05, 0.1) is 16.1 Å². The Labute approximate surface area is 165 Å². The van der Waals surface area contributed by atoms with Crippen LogP contribution in [0.4, 0.5) is 5.69 Å². The number of thiophene rings is 1. The number of rotatable bonds is 7. The van der Waals surface area contributed by atoms with Crippen molar-refractivity contribution in [2.75, 3.05) is 11.9 Å². The number of nitrogens with zero attached hydrogens (tertiary/aromatic N) is 2. The lowest BCUT2D eigenvalue weighted by molar-refractivity contribution is 0.0954. The zero-order valence-electron chi connectivity index (χ0n) is 14.7. The van der Waals surface area contributed by atoms with Crippen LogP contribution in [-0.4, -0.2) is 33.1 Å². The molecule has 0 aliphatic heterocycles. The van der Waals surface area contributed by atoms with Crippen LogP contribution >= 0.6 is 23.6 Å². The molecular formula is C18H19N5O2S2. The second kappa shape index (κ2) is 8.74. The second-order valence-corrected chi connectivity index (χ2v) is 7.01. The number of carbonyl (C=O) groups excluding carboxylic acids is 2. The van der Waals surface area contributed by atoms with Gasteiger partial charge in [-0.1, -0.05) is 18.2 Å². The molecule has 0 aliphatic rings. The van der Waals surface area contributed by atoms with Crippen molar-refractivity contribution in [1.82, 2.24) is 20.1 Å². The van der Waals surface area contributed by atoms with Crippen LogP contribution in [0, 0.1) is 4.77 Å². The predicted octanol–water partition coefficient (Wildman–Crippen LogP) is 3.25. The van der Waals surface area contributed by atoms with E-state index in [1.807, 2.05) is 22.9 Å². The number of nitrogens with one attached hydrogen (secondary N) is 3. The van der Waals surface area contributed by atoms with Gasteiger partial charge in [0.1, 0.15) is 5.82 Å². The number of anilines is 1. The van der Waals surface area contributed by atoms with Crippen LogP contribution in [0.2, 0.25) is 0 Å². The zero-order valence-corrected chi connectivity index (χ0v) is 16.3. The van der Waals surface area contributed by atoms with Crippen LogP contribution in [0.3, 0.4) is 0 Å². The lowest BCUT2D eigenvalue weighted by Crippen LogP contribution is -2.27. The molecule has 3 aromatic rings. The molecule has 2 amide bonds. The molecule has 27 heavy (non-hydrogen) atoms. The maximum atomic E-state index is 12.6. The number of carbonyl (C=O) groups is 2. The van der Waals surface area contributed by atoms with Gasteiger partial charge >= 0.3 is 0 Å². The third-order valence-corrected chi connectivity index (χ3v) is 5.13. The maximum absolute atomic E-state index is 12.6. The second-order valence-electron chi connectivity index (χ2n) is 5.67. The molecule has 1 aromatic carbocycles. The fraction of sp³-hybridized carbons (Fsp3) is 0.222. The largest absolute Gasteiger partial charge is 0.352 e. The molecule has 0 spiro atoms. The van der Waals surface area contributed by atoms with Crippen molar-refractivity contribution < 1.29 is 9.59 Å². The van der Waals surface area contributed by atoms with E-state index >= 15 is 0 Å². The van der Waals surface area contributed by atoms with E-state index in [9.17, 15) is 9.59 Å². The van der Waals surface area contributed by atoms with E-state index < -0.39 is 0 Å². The van der Waals surface area contributed by atoms with Crippen LogP contribution in [-0.2, 0) is 13.0 Å². The highest BCUT2D eigenvalue weighted by Crippen LogP contribution is 2.18. The monoisotopic (exact) mass is 401 g/mol. The quantitative estimate of drug-likeness (QED) is 0.530. The van der Waals surface area contributed by atoms with E-state index in [0.717, 1.165) is 12.4 Å². The van der Waals surface area contributed by atoms with Crippen molar-refractivity contribution in [3.8, 4) is 0 Å². The van der Waals surface area contributed by atoms with Crippen molar-refractivity contribution in [2.24, 2.45) is 0 Å². The molecule has 0 fully saturated rings. The van der Waals surface area contributed by atoms with Crippen LogP contribution in [0.1, 0.15) is 32.8 Å². The number of benzene rings is 1. The standard InChI is InChI=1S/C18H19N5O2S2/c1-2-23-15(21-22-18(23)26)9-10-19-16(24)12-6-3-4-7-13(12)20-17(25)14-8-5-11-27-14/h3-8,11H,2,9-10H2,1H3,(H,19,24)(H,20,25)(H,22,26). The summed E-state index contributed by atoms with van der Waals surface area (Å²) in [6.07, 6.45) is 0.552. The van der Waals surface area contributed by atoms with E-state index in [0.29, 0.717) is 33.9 Å². The molecule has 0 atom stereocenters. The van der Waals surface area contributed by atoms with Crippen LogP contribution in [0.15, 0.2) is 41.8 Å². The van der Waals surface area contributed by atoms with Crippen LogP contribution in [0.25, 0.3) is 0 Å². The van der Waals surface area contributed by atoms with Crippen LogP contribution < -0.4 is 10.6 Å².